The van der Waals surface area contributed by atoms with Gasteiger partial charge in [0.25, 0.3) is 0 Å². The first kappa shape index (κ1) is 24.3. The van der Waals surface area contributed by atoms with Crippen molar-refractivity contribution in [1.29, 1.82) is 0 Å². The summed E-state index contributed by atoms with van der Waals surface area (Å²) in [6.07, 6.45) is -1.18. The lowest BCUT2D eigenvalue weighted by Crippen LogP contribution is -2.42. The van der Waals surface area contributed by atoms with Gasteiger partial charge in [0.15, 0.2) is 0 Å². The molecule has 2 aromatic rings. The van der Waals surface area contributed by atoms with Crippen LogP contribution in [0.2, 0.25) is 5.02 Å². The van der Waals surface area contributed by atoms with Gasteiger partial charge in [0.2, 0.25) is 5.91 Å². The minimum Gasteiger partial charge on any atom is -0.508 e. The number of rotatable bonds is 9. The van der Waals surface area contributed by atoms with Gasteiger partial charge >= 0.3 is 6.18 Å². The van der Waals surface area contributed by atoms with Crippen molar-refractivity contribution in [3.63, 3.8) is 0 Å². The molecule has 174 valence electrons. The van der Waals surface area contributed by atoms with Gasteiger partial charge in [0.1, 0.15) is 5.75 Å². The van der Waals surface area contributed by atoms with Crippen molar-refractivity contribution in [1.82, 2.24) is 15.2 Å². The molecule has 3 rings (SSSR count). The molecule has 1 saturated carbocycles. The second-order valence-corrected chi connectivity index (χ2v) is 9.01. The van der Waals surface area contributed by atoms with Gasteiger partial charge in [-0.05, 0) is 62.7 Å². The third kappa shape index (κ3) is 5.53. The van der Waals surface area contributed by atoms with Gasteiger partial charge in [0, 0.05) is 42.3 Å². The Morgan fingerprint density at radius 2 is 2.03 bits per heavy atom. The van der Waals surface area contributed by atoms with E-state index in [0.29, 0.717) is 17.0 Å². The molecule has 9 heteroatoms. The fraction of sp³-hybridized carbons (Fsp3) is 0.478. The van der Waals surface area contributed by atoms with Crippen molar-refractivity contribution in [2.45, 2.75) is 43.8 Å². The maximum Gasteiger partial charge on any atom is 0.395 e. The number of pyridine rings is 1. The maximum absolute atomic E-state index is 13.8. The number of benzene rings is 1. The normalized spacial score (nSPS) is 17.1. The molecule has 0 aliphatic heterocycles. The number of nitrogens with one attached hydrogen (secondary N) is 1. The van der Waals surface area contributed by atoms with Gasteiger partial charge in [-0.15, -0.1) is 0 Å². The van der Waals surface area contributed by atoms with Crippen molar-refractivity contribution in [3.05, 3.63) is 58.9 Å². The average Bonchev–Trinajstić information content (AvgIpc) is 3.53. The molecule has 0 radical (unpaired) electrons. The monoisotopic (exact) mass is 469 g/mol. The van der Waals surface area contributed by atoms with E-state index in [1.165, 1.54) is 24.5 Å². The summed E-state index contributed by atoms with van der Waals surface area (Å²) in [7, 11) is 3.71. The maximum atomic E-state index is 13.8. The van der Waals surface area contributed by atoms with Crippen molar-refractivity contribution >= 4 is 17.5 Å². The largest absolute Gasteiger partial charge is 0.508 e. The summed E-state index contributed by atoms with van der Waals surface area (Å²) in [5.41, 5.74) is -0.634. The van der Waals surface area contributed by atoms with Crippen LogP contribution >= 0.6 is 11.6 Å². The Hall–Kier alpha value is -2.32. The zero-order valence-electron chi connectivity index (χ0n) is 18.0. The summed E-state index contributed by atoms with van der Waals surface area (Å²) < 4.78 is 41.5. The van der Waals surface area contributed by atoms with Crippen molar-refractivity contribution < 1.29 is 23.1 Å². The lowest BCUT2D eigenvalue weighted by molar-refractivity contribution is -0.194. The van der Waals surface area contributed by atoms with Crippen LogP contribution in [0.4, 0.5) is 13.2 Å². The van der Waals surface area contributed by atoms with E-state index in [1.54, 1.807) is 18.2 Å². The number of phenols is 1. The number of carbonyl (C=O) groups is 1. The predicted octanol–water partition coefficient (Wildman–Crippen LogP) is 4.55. The highest BCUT2D eigenvalue weighted by atomic mass is 35.5. The molecule has 1 aliphatic carbocycles. The van der Waals surface area contributed by atoms with Gasteiger partial charge in [-0.1, -0.05) is 23.7 Å². The van der Waals surface area contributed by atoms with Crippen LogP contribution in [-0.2, 0) is 11.2 Å². The Bertz CT molecular complexity index is 934. The molecular weight excluding hydrogens is 443 g/mol. The number of phenolic OH excluding ortho intramolecular Hbond substituents is 1. The first-order valence-corrected chi connectivity index (χ1v) is 10.8. The Balaban J connectivity index is 1.69. The van der Waals surface area contributed by atoms with E-state index in [0.717, 1.165) is 5.56 Å². The minimum absolute atomic E-state index is 0.0169. The van der Waals surface area contributed by atoms with Crippen LogP contribution in [0, 0.1) is 5.41 Å². The van der Waals surface area contributed by atoms with Gasteiger partial charge in [-0.2, -0.15) is 13.2 Å². The zero-order valence-corrected chi connectivity index (χ0v) is 18.7. The molecular formula is C23H27ClF3N3O2. The predicted molar refractivity (Wildman–Crippen MR) is 117 cm³/mol. The summed E-state index contributed by atoms with van der Waals surface area (Å²) >= 11 is 6.20. The fourth-order valence-corrected chi connectivity index (χ4v) is 4.31. The molecule has 1 aromatic carbocycles. The SMILES string of the molecule is CN(C)C(CNC(=O)CC(c1cccnc1)C1(C(F)(F)F)CC1)Cc1ccc(O)cc1Cl. The average molecular weight is 470 g/mol. The van der Waals surface area contributed by atoms with E-state index in [-0.39, 0.29) is 37.6 Å². The summed E-state index contributed by atoms with van der Waals surface area (Å²) in [5.74, 6) is -1.34. The van der Waals surface area contributed by atoms with E-state index in [2.05, 4.69) is 10.3 Å². The van der Waals surface area contributed by atoms with Crippen LogP contribution in [-0.4, -0.2) is 53.8 Å². The van der Waals surface area contributed by atoms with Crippen LogP contribution in [0.25, 0.3) is 0 Å². The number of halogens is 4. The third-order valence-corrected chi connectivity index (χ3v) is 6.61. The first-order valence-electron chi connectivity index (χ1n) is 10.4. The lowest BCUT2D eigenvalue weighted by atomic mass is 9.80. The van der Waals surface area contributed by atoms with E-state index in [1.807, 2.05) is 19.0 Å². The molecule has 2 unspecified atom stereocenters. The van der Waals surface area contributed by atoms with Crippen LogP contribution in [0.15, 0.2) is 42.7 Å². The summed E-state index contributed by atoms with van der Waals surface area (Å²) in [4.78, 5) is 18.6. The topological polar surface area (TPSA) is 65.5 Å². The Morgan fingerprint density at radius 1 is 1.31 bits per heavy atom. The number of alkyl halides is 3. The smallest absolute Gasteiger partial charge is 0.395 e. The lowest BCUT2D eigenvalue weighted by Gasteiger charge is -2.30. The number of aromatic hydroxyl groups is 1. The second-order valence-electron chi connectivity index (χ2n) is 8.60. The number of likely N-dealkylation sites (N-methyl/N-ethyl adjacent to an activating group) is 1. The highest BCUT2D eigenvalue weighted by Crippen LogP contribution is 2.66. The number of aromatic nitrogens is 1. The summed E-state index contributed by atoms with van der Waals surface area (Å²) in [6, 6.07) is 7.77. The number of nitrogens with zero attached hydrogens (tertiary/aromatic N) is 2. The van der Waals surface area contributed by atoms with E-state index in [4.69, 9.17) is 11.6 Å². The quantitative estimate of drug-likeness (QED) is 0.565. The van der Waals surface area contributed by atoms with Crippen LogP contribution in [0.5, 0.6) is 5.75 Å². The summed E-state index contributed by atoms with van der Waals surface area (Å²) in [6.45, 7) is 0.252. The highest BCUT2D eigenvalue weighted by molar-refractivity contribution is 6.31. The van der Waals surface area contributed by atoms with Gasteiger partial charge in [0.05, 0.1) is 5.41 Å². The number of carbonyl (C=O) groups excluding carboxylic acids is 1. The van der Waals surface area contributed by atoms with Crippen LogP contribution in [0.1, 0.15) is 36.3 Å². The fourth-order valence-electron chi connectivity index (χ4n) is 4.06. The molecule has 1 heterocycles. The standard InChI is InChI=1S/C23H27ClF3N3O2/c1-30(2)17(10-15-5-6-18(31)11-20(15)24)14-29-21(32)12-19(16-4-3-9-28-13-16)22(7-8-22)23(25,26)27/h3-6,9,11,13,17,19,31H,7-8,10,12,14H2,1-2H3,(H,29,32). The zero-order chi connectivity index (χ0) is 23.5. The van der Waals surface area contributed by atoms with E-state index in [9.17, 15) is 23.1 Å². The molecule has 32 heavy (non-hydrogen) atoms. The molecule has 1 fully saturated rings. The van der Waals surface area contributed by atoms with Crippen molar-refractivity contribution in [3.8, 4) is 5.75 Å². The van der Waals surface area contributed by atoms with E-state index < -0.39 is 23.4 Å². The van der Waals surface area contributed by atoms with Crippen molar-refractivity contribution in [2.24, 2.45) is 5.41 Å². The summed E-state index contributed by atoms with van der Waals surface area (Å²) in [5, 5.41) is 12.7. The molecule has 0 bridgehead atoms. The molecule has 1 aromatic heterocycles. The Kier molecular flexibility index (Phi) is 7.35. The van der Waals surface area contributed by atoms with Gasteiger partial charge < -0.3 is 15.3 Å². The third-order valence-electron chi connectivity index (χ3n) is 6.25. The van der Waals surface area contributed by atoms with Crippen molar-refractivity contribution in [2.75, 3.05) is 20.6 Å². The van der Waals surface area contributed by atoms with Crippen LogP contribution in [0.3, 0.4) is 0 Å². The molecule has 0 saturated heterocycles. The number of amides is 1. The van der Waals surface area contributed by atoms with Gasteiger partial charge in [-0.25, -0.2) is 0 Å². The molecule has 5 nitrogen and oxygen atoms in total. The molecule has 1 amide bonds. The first-order chi connectivity index (χ1) is 15.0. The van der Waals surface area contributed by atoms with E-state index >= 15 is 0 Å². The molecule has 2 atom stereocenters. The Morgan fingerprint density at radius 3 is 2.56 bits per heavy atom. The molecule has 0 spiro atoms. The Labute approximate surface area is 190 Å². The van der Waals surface area contributed by atoms with Gasteiger partial charge in [-0.3, -0.25) is 9.78 Å². The second kappa shape index (κ2) is 9.67. The minimum atomic E-state index is -4.38. The highest BCUT2D eigenvalue weighted by Gasteiger charge is 2.67. The molecule has 2 N–H and O–H groups in total. The number of hydrogen-bond donors (Lipinski definition) is 2. The van der Waals surface area contributed by atoms with Crippen LogP contribution < -0.4 is 5.32 Å². The molecule has 1 aliphatic rings. The number of hydrogen-bond acceptors (Lipinski definition) is 4.